The molecule has 38 heavy (non-hydrogen) atoms. The lowest BCUT2D eigenvalue weighted by Crippen LogP contribution is -2.47. The van der Waals surface area contributed by atoms with E-state index >= 15 is 0 Å². The van der Waals surface area contributed by atoms with E-state index in [1.165, 1.54) is 29.7 Å². The van der Waals surface area contributed by atoms with Crippen LogP contribution in [0.2, 0.25) is 0 Å². The molecule has 4 aromatic rings. The quantitative estimate of drug-likeness (QED) is 0.348. The second kappa shape index (κ2) is 9.49. The molecule has 1 aliphatic heterocycles. The zero-order valence-corrected chi connectivity index (χ0v) is 23.0. The first-order valence-electron chi connectivity index (χ1n) is 13.6. The minimum absolute atomic E-state index is 0.0651. The molecule has 1 N–H and O–H groups in total. The zero-order valence-electron chi connectivity index (χ0n) is 23.0. The molecule has 198 valence electrons. The molecule has 0 atom stereocenters. The van der Waals surface area contributed by atoms with E-state index in [0.717, 1.165) is 60.5 Å². The minimum Gasteiger partial charge on any atom is -0.497 e. The SMILES string of the molecule is COc1ccc(N2CCN(c3nc(Nc4cc(C(C)(C)C)ccc4C)c4c(ncn4C4CC4)n3)CC2)cc1. The number of piperazine rings is 1. The van der Waals surface area contributed by atoms with E-state index in [1.807, 2.05) is 18.5 Å². The summed E-state index contributed by atoms with van der Waals surface area (Å²) in [6.45, 7) is 12.4. The molecule has 8 nitrogen and oxygen atoms in total. The summed E-state index contributed by atoms with van der Waals surface area (Å²) in [6, 6.07) is 15.4. The monoisotopic (exact) mass is 511 g/mol. The van der Waals surface area contributed by atoms with Crippen LogP contribution in [0.3, 0.4) is 0 Å². The van der Waals surface area contributed by atoms with Gasteiger partial charge >= 0.3 is 0 Å². The lowest BCUT2D eigenvalue weighted by atomic mass is 9.86. The van der Waals surface area contributed by atoms with E-state index in [-0.39, 0.29) is 5.41 Å². The molecule has 3 heterocycles. The number of hydrogen-bond donors (Lipinski definition) is 1. The van der Waals surface area contributed by atoms with Gasteiger partial charge in [0, 0.05) is 43.6 Å². The highest BCUT2D eigenvalue weighted by Crippen LogP contribution is 2.39. The Kier molecular flexibility index (Phi) is 6.13. The number of fused-ring (bicyclic) bond motifs is 1. The van der Waals surface area contributed by atoms with Crippen molar-refractivity contribution in [2.75, 3.05) is 48.4 Å². The Morgan fingerprint density at radius 1 is 0.921 bits per heavy atom. The molecule has 2 aromatic carbocycles. The van der Waals surface area contributed by atoms with Crippen LogP contribution in [0.5, 0.6) is 5.75 Å². The second-order valence-corrected chi connectivity index (χ2v) is 11.5. The van der Waals surface area contributed by atoms with Gasteiger partial charge < -0.3 is 24.4 Å². The normalized spacial score (nSPS) is 16.2. The number of hydrogen-bond acceptors (Lipinski definition) is 7. The van der Waals surface area contributed by atoms with Gasteiger partial charge in [-0.15, -0.1) is 0 Å². The van der Waals surface area contributed by atoms with Gasteiger partial charge in [0.05, 0.1) is 13.4 Å². The first-order valence-corrected chi connectivity index (χ1v) is 13.6. The van der Waals surface area contributed by atoms with E-state index in [2.05, 4.69) is 77.7 Å². The summed E-state index contributed by atoms with van der Waals surface area (Å²) in [5.74, 6) is 2.45. The van der Waals surface area contributed by atoms with Crippen molar-refractivity contribution in [2.24, 2.45) is 0 Å². The van der Waals surface area contributed by atoms with Crippen molar-refractivity contribution in [1.29, 1.82) is 0 Å². The average Bonchev–Trinajstić information content (AvgIpc) is 3.67. The van der Waals surface area contributed by atoms with Crippen molar-refractivity contribution in [2.45, 2.75) is 52.0 Å². The number of methoxy groups -OCH3 is 1. The summed E-state index contributed by atoms with van der Waals surface area (Å²) >= 11 is 0. The van der Waals surface area contributed by atoms with Crippen LogP contribution in [-0.2, 0) is 5.41 Å². The molecule has 1 aliphatic carbocycles. The predicted molar refractivity (Wildman–Crippen MR) is 154 cm³/mol. The van der Waals surface area contributed by atoms with Gasteiger partial charge in [-0.25, -0.2) is 4.98 Å². The number of aromatic nitrogens is 4. The van der Waals surface area contributed by atoms with Gasteiger partial charge in [-0.05, 0) is 66.6 Å². The van der Waals surface area contributed by atoms with Crippen LogP contribution in [0.25, 0.3) is 11.2 Å². The smallest absolute Gasteiger partial charge is 0.229 e. The van der Waals surface area contributed by atoms with Crippen LogP contribution in [0, 0.1) is 6.92 Å². The van der Waals surface area contributed by atoms with E-state index < -0.39 is 0 Å². The summed E-state index contributed by atoms with van der Waals surface area (Å²) in [6.07, 6.45) is 4.29. The van der Waals surface area contributed by atoms with Crippen LogP contribution in [0.15, 0.2) is 48.8 Å². The van der Waals surface area contributed by atoms with Crippen molar-refractivity contribution in [3.05, 3.63) is 59.9 Å². The fourth-order valence-electron chi connectivity index (χ4n) is 5.10. The number of anilines is 4. The average molecular weight is 512 g/mol. The Morgan fingerprint density at radius 2 is 1.63 bits per heavy atom. The van der Waals surface area contributed by atoms with Crippen molar-refractivity contribution in [1.82, 2.24) is 19.5 Å². The summed E-state index contributed by atoms with van der Waals surface area (Å²) in [5.41, 5.74) is 6.59. The van der Waals surface area contributed by atoms with Crippen LogP contribution in [-0.4, -0.2) is 52.8 Å². The van der Waals surface area contributed by atoms with Gasteiger partial charge in [0.2, 0.25) is 5.95 Å². The lowest BCUT2D eigenvalue weighted by molar-refractivity contribution is 0.415. The predicted octanol–water partition coefficient (Wildman–Crippen LogP) is 5.85. The number of ether oxygens (including phenoxy) is 1. The molecule has 6 rings (SSSR count). The highest BCUT2D eigenvalue weighted by molar-refractivity contribution is 5.87. The Morgan fingerprint density at radius 3 is 2.29 bits per heavy atom. The van der Waals surface area contributed by atoms with Gasteiger partial charge in [-0.1, -0.05) is 32.9 Å². The molecule has 2 aliphatic rings. The molecule has 0 bridgehead atoms. The van der Waals surface area contributed by atoms with Gasteiger partial charge in [0.1, 0.15) is 11.3 Å². The fraction of sp³-hybridized carbons (Fsp3) is 0.433. The number of nitrogens with zero attached hydrogens (tertiary/aromatic N) is 6. The van der Waals surface area contributed by atoms with Crippen molar-refractivity contribution >= 4 is 34.3 Å². The number of imidazole rings is 1. The molecule has 0 spiro atoms. The number of aryl methyl sites for hydroxylation is 1. The summed E-state index contributed by atoms with van der Waals surface area (Å²) in [7, 11) is 1.70. The Bertz CT molecular complexity index is 1440. The molecule has 2 fully saturated rings. The fourth-order valence-corrected chi connectivity index (χ4v) is 5.10. The van der Waals surface area contributed by atoms with Gasteiger partial charge in [-0.3, -0.25) is 0 Å². The molecular weight excluding hydrogens is 474 g/mol. The Hall–Kier alpha value is -3.81. The maximum absolute atomic E-state index is 5.31. The Balaban J connectivity index is 1.30. The molecule has 1 saturated heterocycles. The molecule has 1 saturated carbocycles. The molecule has 2 aromatic heterocycles. The number of nitrogens with one attached hydrogen (secondary N) is 1. The lowest BCUT2D eigenvalue weighted by Gasteiger charge is -2.36. The largest absolute Gasteiger partial charge is 0.497 e. The number of benzene rings is 2. The summed E-state index contributed by atoms with van der Waals surface area (Å²) < 4.78 is 7.57. The highest BCUT2D eigenvalue weighted by atomic mass is 16.5. The first kappa shape index (κ1) is 24.5. The molecule has 0 radical (unpaired) electrons. The summed E-state index contributed by atoms with van der Waals surface area (Å²) in [4.78, 5) is 19.5. The van der Waals surface area contributed by atoms with Crippen molar-refractivity contribution in [3.8, 4) is 5.75 Å². The van der Waals surface area contributed by atoms with Gasteiger partial charge in [-0.2, -0.15) is 9.97 Å². The zero-order chi connectivity index (χ0) is 26.4. The third-order valence-electron chi connectivity index (χ3n) is 7.71. The minimum atomic E-state index is 0.0651. The van der Waals surface area contributed by atoms with E-state index in [9.17, 15) is 0 Å². The van der Waals surface area contributed by atoms with Crippen LogP contribution in [0.4, 0.5) is 23.1 Å². The maximum Gasteiger partial charge on any atom is 0.229 e. The Labute approximate surface area is 224 Å². The van der Waals surface area contributed by atoms with E-state index in [0.29, 0.717) is 6.04 Å². The first-order chi connectivity index (χ1) is 18.3. The van der Waals surface area contributed by atoms with E-state index in [4.69, 9.17) is 19.7 Å². The van der Waals surface area contributed by atoms with Crippen molar-refractivity contribution < 1.29 is 4.74 Å². The second-order valence-electron chi connectivity index (χ2n) is 11.5. The third kappa shape index (κ3) is 4.75. The highest BCUT2D eigenvalue weighted by Gasteiger charge is 2.29. The maximum atomic E-state index is 5.31. The molecule has 8 heteroatoms. The van der Waals surface area contributed by atoms with Crippen LogP contribution >= 0.6 is 0 Å². The molecule has 0 unspecified atom stereocenters. The summed E-state index contributed by atoms with van der Waals surface area (Å²) in [5, 5.41) is 3.70. The molecule has 0 amide bonds. The molecular formula is C30H37N7O. The van der Waals surface area contributed by atoms with Crippen molar-refractivity contribution in [3.63, 3.8) is 0 Å². The van der Waals surface area contributed by atoms with Crippen LogP contribution < -0.4 is 19.9 Å². The number of rotatable bonds is 6. The van der Waals surface area contributed by atoms with Gasteiger partial charge in [0.25, 0.3) is 0 Å². The van der Waals surface area contributed by atoms with E-state index in [1.54, 1.807) is 7.11 Å². The topological polar surface area (TPSA) is 71.3 Å². The van der Waals surface area contributed by atoms with Gasteiger partial charge in [0.15, 0.2) is 11.5 Å². The third-order valence-corrected chi connectivity index (χ3v) is 7.71. The van der Waals surface area contributed by atoms with Crippen LogP contribution in [0.1, 0.15) is 50.8 Å². The standard InChI is InChI=1S/C30H37N7O/c1-20-6-7-21(30(2,3)4)18-25(20)32-28-26-27(31-19-37(26)23-8-9-23)33-29(34-28)36-16-14-35(15-17-36)22-10-12-24(38-5)13-11-22/h6-7,10-13,18-19,23H,8-9,14-17H2,1-5H3,(H,32,33,34).